The van der Waals surface area contributed by atoms with E-state index in [0.717, 1.165) is 22.1 Å². The Hall–Kier alpha value is -2.06. The zero-order valence-electron chi connectivity index (χ0n) is 15.8. The van der Waals surface area contributed by atoms with Gasteiger partial charge in [0.2, 0.25) is 15.9 Å². The molecule has 0 aromatic heterocycles. The Balaban J connectivity index is 1.70. The van der Waals surface area contributed by atoms with Crippen molar-refractivity contribution >= 4 is 33.4 Å². The highest BCUT2D eigenvalue weighted by molar-refractivity contribution is 7.98. The molecule has 2 aromatic carbocycles. The van der Waals surface area contributed by atoms with Crippen LogP contribution < -0.4 is 9.62 Å². The fraction of sp³-hybridized carbons (Fsp3) is 0.350. The van der Waals surface area contributed by atoms with Gasteiger partial charge in [0.1, 0.15) is 5.82 Å². The molecule has 0 saturated carbocycles. The number of benzene rings is 2. The van der Waals surface area contributed by atoms with Gasteiger partial charge in [-0.25, -0.2) is 12.8 Å². The van der Waals surface area contributed by atoms with Gasteiger partial charge in [0, 0.05) is 31.0 Å². The maximum absolute atomic E-state index is 13.9. The zero-order valence-corrected chi connectivity index (χ0v) is 17.4. The first kappa shape index (κ1) is 22.2. The molecule has 0 saturated heterocycles. The number of anilines is 1. The van der Waals surface area contributed by atoms with E-state index in [2.05, 4.69) is 17.4 Å². The Morgan fingerprint density at radius 2 is 1.79 bits per heavy atom. The van der Waals surface area contributed by atoms with E-state index in [4.69, 9.17) is 0 Å². The third-order valence-corrected chi connectivity index (χ3v) is 6.18. The molecule has 0 atom stereocenters. The molecule has 2 rings (SSSR count). The lowest BCUT2D eigenvalue weighted by Gasteiger charge is -2.22. The maximum atomic E-state index is 13.9. The predicted molar refractivity (Wildman–Crippen MR) is 113 cm³/mol. The molecule has 152 valence electrons. The lowest BCUT2D eigenvalue weighted by molar-refractivity contribution is -0.121. The molecule has 0 aliphatic carbocycles. The van der Waals surface area contributed by atoms with Crippen molar-refractivity contribution in [2.45, 2.75) is 18.6 Å². The highest BCUT2D eigenvalue weighted by Crippen LogP contribution is 2.21. The number of para-hydroxylation sites is 1. The molecule has 1 N–H and O–H groups in total. The average Bonchev–Trinajstić information content (AvgIpc) is 2.66. The van der Waals surface area contributed by atoms with Gasteiger partial charge >= 0.3 is 0 Å². The van der Waals surface area contributed by atoms with Crippen LogP contribution in [0.4, 0.5) is 10.1 Å². The minimum Gasteiger partial charge on any atom is -0.355 e. The van der Waals surface area contributed by atoms with E-state index in [9.17, 15) is 17.6 Å². The highest BCUT2D eigenvalue weighted by Gasteiger charge is 2.20. The van der Waals surface area contributed by atoms with Gasteiger partial charge < -0.3 is 5.32 Å². The summed E-state index contributed by atoms with van der Waals surface area (Å²) in [5.74, 6) is 0.948. The van der Waals surface area contributed by atoms with E-state index in [1.165, 1.54) is 23.8 Å². The van der Waals surface area contributed by atoms with Crippen molar-refractivity contribution in [2.75, 3.05) is 29.4 Å². The Labute approximate surface area is 170 Å². The highest BCUT2D eigenvalue weighted by atomic mass is 32.2. The number of carbonyl (C=O) groups is 1. The first-order valence-electron chi connectivity index (χ1n) is 8.98. The van der Waals surface area contributed by atoms with E-state index >= 15 is 0 Å². The summed E-state index contributed by atoms with van der Waals surface area (Å²) >= 11 is 1.74. The van der Waals surface area contributed by atoms with Crippen molar-refractivity contribution < 1.29 is 17.6 Å². The monoisotopic (exact) mass is 424 g/mol. The second kappa shape index (κ2) is 11.1. The minimum atomic E-state index is -3.63. The van der Waals surface area contributed by atoms with Crippen molar-refractivity contribution in [3.05, 3.63) is 66.0 Å². The average molecular weight is 425 g/mol. The molecule has 28 heavy (non-hydrogen) atoms. The molecule has 1 amide bonds. The van der Waals surface area contributed by atoms with Gasteiger partial charge in [-0.2, -0.15) is 11.8 Å². The van der Waals surface area contributed by atoms with Crippen LogP contribution in [0.25, 0.3) is 0 Å². The van der Waals surface area contributed by atoms with Gasteiger partial charge in [-0.1, -0.05) is 42.5 Å². The lowest BCUT2D eigenvalue weighted by Crippen LogP contribution is -2.33. The third-order valence-electron chi connectivity index (χ3n) is 3.97. The van der Waals surface area contributed by atoms with Crippen LogP contribution in [0.5, 0.6) is 0 Å². The smallest absolute Gasteiger partial charge is 0.232 e. The molecule has 0 radical (unpaired) electrons. The minimum absolute atomic E-state index is 0.00252. The van der Waals surface area contributed by atoms with E-state index in [-0.39, 0.29) is 24.6 Å². The van der Waals surface area contributed by atoms with Crippen LogP contribution in [0.15, 0.2) is 54.6 Å². The van der Waals surface area contributed by atoms with Crippen LogP contribution >= 0.6 is 11.8 Å². The number of nitrogens with zero attached hydrogens (tertiary/aromatic N) is 1. The van der Waals surface area contributed by atoms with Crippen LogP contribution in [0.2, 0.25) is 0 Å². The number of thioether (sulfide) groups is 1. The molecule has 0 aliphatic rings. The van der Waals surface area contributed by atoms with E-state index in [0.29, 0.717) is 13.0 Å². The number of hydrogen-bond donors (Lipinski definition) is 1. The van der Waals surface area contributed by atoms with Crippen LogP contribution in [-0.4, -0.2) is 39.4 Å². The number of amides is 1. The Morgan fingerprint density at radius 1 is 1.11 bits per heavy atom. The fourth-order valence-corrected chi connectivity index (χ4v) is 4.40. The number of nitrogens with one attached hydrogen (secondary N) is 1. The summed E-state index contributed by atoms with van der Waals surface area (Å²) in [7, 11) is -3.63. The first-order valence-corrected chi connectivity index (χ1v) is 12.0. The molecular formula is C20H25FN2O3S2. The standard InChI is InChI=1S/C20H25FN2O3S2/c1-28(25,26)23(19-11-6-5-10-18(19)21)14-7-12-20(24)22-13-15-27-16-17-8-3-2-4-9-17/h2-6,8-11H,7,12-16H2,1H3,(H,22,24). The van der Waals surface area contributed by atoms with Crippen LogP contribution in [0.1, 0.15) is 18.4 Å². The van der Waals surface area contributed by atoms with E-state index in [1.807, 2.05) is 18.2 Å². The summed E-state index contributed by atoms with van der Waals surface area (Å²) in [6, 6.07) is 15.8. The number of hydrogen-bond acceptors (Lipinski definition) is 4. The summed E-state index contributed by atoms with van der Waals surface area (Å²) in [4.78, 5) is 11.9. The van der Waals surface area contributed by atoms with E-state index in [1.54, 1.807) is 17.8 Å². The Kier molecular flexibility index (Phi) is 8.79. The van der Waals surface area contributed by atoms with Gasteiger partial charge in [-0.15, -0.1) is 0 Å². The lowest BCUT2D eigenvalue weighted by atomic mass is 10.2. The SMILES string of the molecule is CS(=O)(=O)N(CCCC(=O)NCCSCc1ccccc1)c1ccccc1F. The van der Waals surface area contributed by atoms with Crippen LogP contribution in [-0.2, 0) is 20.6 Å². The normalized spacial score (nSPS) is 11.2. The number of rotatable bonds is 11. The van der Waals surface area contributed by atoms with Crippen molar-refractivity contribution in [3.8, 4) is 0 Å². The molecule has 2 aromatic rings. The Morgan fingerprint density at radius 3 is 2.46 bits per heavy atom. The summed E-state index contributed by atoms with van der Waals surface area (Å²) < 4.78 is 38.9. The molecule has 0 aliphatic heterocycles. The van der Waals surface area contributed by atoms with Gasteiger partial charge in [-0.05, 0) is 24.1 Å². The molecular weight excluding hydrogens is 399 g/mol. The van der Waals surface area contributed by atoms with Crippen LogP contribution in [0.3, 0.4) is 0 Å². The molecule has 5 nitrogen and oxygen atoms in total. The molecule has 8 heteroatoms. The number of sulfonamides is 1. The van der Waals surface area contributed by atoms with Crippen molar-refractivity contribution in [3.63, 3.8) is 0 Å². The second-order valence-corrected chi connectivity index (χ2v) is 9.29. The summed E-state index contributed by atoms with van der Waals surface area (Å²) in [6.07, 6.45) is 1.53. The largest absolute Gasteiger partial charge is 0.355 e. The van der Waals surface area contributed by atoms with Gasteiger partial charge in [0.15, 0.2) is 0 Å². The molecule has 0 heterocycles. The maximum Gasteiger partial charge on any atom is 0.232 e. The van der Waals surface area contributed by atoms with Crippen molar-refractivity contribution in [1.82, 2.24) is 5.32 Å². The first-order chi connectivity index (χ1) is 13.4. The predicted octanol–water partition coefficient (Wildman–Crippen LogP) is 3.42. The summed E-state index contributed by atoms with van der Waals surface area (Å²) in [5.41, 5.74) is 1.25. The van der Waals surface area contributed by atoms with Gasteiger partial charge in [0.05, 0.1) is 11.9 Å². The van der Waals surface area contributed by atoms with Gasteiger partial charge in [-0.3, -0.25) is 9.10 Å². The second-order valence-electron chi connectivity index (χ2n) is 6.28. The summed E-state index contributed by atoms with van der Waals surface area (Å²) in [5, 5.41) is 2.83. The van der Waals surface area contributed by atoms with Gasteiger partial charge in [0.25, 0.3) is 0 Å². The van der Waals surface area contributed by atoms with Crippen LogP contribution in [0, 0.1) is 5.82 Å². The quantitative estimate of drug-likeness (QED) is 0.562. The molecule has 0 fully saturated rings. The molecule has 0 spiro atoms. The topological polar surface area (TPSA) is 66.5 Å². The van der Waals surface area contributed by atoms with Crippen molar-refractivity contribution in [1.29, 1.82) is 0 Å². The van der Waals surface area contributed by atoms with E-state index < -0.39 is 15.8 Å². The zero-order chi connectivity index (χ0) is 20.4. The molecule has 0 bridgehead atoms. The summed E-state index contributed by atoms with van der Waals surface area (Å²) in [6.45, 7) is 0.607. The fourth-order valence-electron chi connectivity index (χ4n) is 2.62. The number of halogens is 1. The number of carbonyl (C=O) groups excluding carboxylic acids is 1. The molecule has 0 unspecified atom stereocenters. The van der Waals surface area contributed by atoms with Crippen molar-refractivity contribution in [2.24, 2.45) is 0 Å². The Bertz CT molecular complexity index is 861. The third kappa shape index (κ3) is 7.52.